The number of anilines is 1. The normalized spacial score (nSPS) is 12.7. The molecule has 0 amide bonds. The van der Waals surface area contributed by atoms with Gasteiger partial charge in [0.15, 0.2) is 4.90 Å². The molecular formula is C10H11ClN3S+. The fourth-order valence-electron chi connectivity index (χ4n) is 1.29. The molecule has 5 heteroatoms. The summed E-state index contributed by atoms with van der Waals surface area (Å²) in [5.41, 5.74) is 6.32. The molecule has 0 aliphatic heterocycles. The van der Waals surface area contributed by atoms with Gasteiger partial charge in [0, 0.05) is 18.1 Å². The Balaban J connectivity index is 2.38. The van der Waals surface area contributed by atoms with Crippen molar-refractivity contribution in [3.05, 3.63) is 35.6 Å². The molecule has 0 aliphatic carbocycles. The summed E-state index contributed by atoms with van der Waals surface area (Å²) in [6.07, 6.45) is 5.63. The summed E-state index contributed by atoms with van der Waals surface area (Å²) in [6, 6.07) is 5.57. The number of nitrogens with zero attached hydrogens (tertiary/aromatic N) is 1. The number of hydrogen-bond donors (Lipinski definition) is 2. The van der Waals surface area contributed by atoms with Crippen molar-refractivity contribution < 1.29 is 0 Å². The molecule has 1 aromatic carbocycles. The van der Waals surface area contributed by atoms with Crippen LogP contribution in [-0.4, -0.2) is 16.2 Å². The number of halogens is 1. The summed E-state index contributed by atoms with van der Waals surface area (Å²) < 4.78 is 0. The zero-order valence-electron chi connectivity index (χ0n) is 8.20. The summed E-state index contributed by atoms with van der Waals surface area (Å²) in [7, 11) is -0.140. The molecule has 15 heavy (non-hydrogen) atoms. The maximum Gasteiger partial charge on any atom is 0.328 e. The molecule has 1 atom stereocenters. The third-order valence-corrected chi connectivity index (χ3v) is 4.29. The van der Waals surface area contributed by atoms with Crippen LogP contribution in [0.2, 0.25) is 5.02 Å². The largest absolute Gasteiger partial charge is 0.399 e. The van der Waals surface area contributed by atoms with E-state index in [1.807, 2.05) is 18.3 Å². The first-order chi connectivity index (χ1) is 7.18. The van der Waals surface area contributed by atoms with Gasteiger partial charge in [0.25, 0.3) is 0 Å². The number of aromatic amines is 1. The Labute approximate surface area is 96.0 Å². The van der Waals surface area contributed by atoms with Gasteiger partial charge in [0.05, 0.1) is 15.9 Å². The Hall–Kier alpha value is -1.13. The zero-order valence-corrected chi connectivity index (χ0v) is 9.77. The molecule has 1 aromatic heterocycles. The number of nitrogens with two attached hydrogens (primary N) is 1. The Morgan fingerprint density at radius 1 is 1.47 bits per heavy atom. The van der Waals surface area contributed by atoms with E-state index in [9.17, 15) is 0 Å². The van der Waals surface area contributed by atoms with Crippen molar-refractivity contribution in [3.8, 4) is 0 Å². The molecule has 1 unspecified atom stereocenters. The molecule has 1 heterocycles. The molecule has 3 N–H and O–H groups in total. The minimum absolute atomic E-state index is 0.140. The van der Waals surface area contributed by atoms with E-state index < -0.39 is 0 Å². The average Bonchev–Trinajstić information content (AvgIpc) is 2.69. The first kappa shape index (κ1) is 10.4. The lowest BCUT2D eigenvalue weighted by atomic mass is 10.3. The number of aromatic nitrogens is 2. The van der Waals surface area contributed by atoms with Crippen molar-refractivity contribution in [1.29, 1.82) is 0 Å². The van der Waals surface area contributed by atoms with Gasteiger partial charge < -0.3 is 10.7 Å². The van der Waals surface area contributed by atoms with Crippen LogP contribution >= 0.6 is 11.6 Å². The Morgan fingerprint density at radius 2 is 2.27 bits per heavy atom. The molecule has 0 radical (unpaired) electrons. The van der Waals surface area contributed by atoms with Crippen LogP contribution in [0.3, 0.4) is 0 Å². The van der Waals surface area contributed by atoms with Crippen molar-refractivity contribution >= 4 is 28.2 Å². The van der Waals surface area contributed by atoms with E-state index in [2.05, 4.69) is 16.2 Å². The Morgan fingerprint density at radius 3 is 2.87 bits per heavy atom. The fraction of sp³-hybridized carbons (Fsp3) is 0.100. The summed E-state index contributed by atoms with van der Waals surface area (Å²) in [5, 5.41) is 1.62. The van der Waals surface area contributed by atoms with Gasteiger partial charge in [-0.15, -0.1) is 0 Å². The van der Waals surface area contributed by atoms with E-state index in [1.165, 1.54) is 0 Å². The molecule has 0 saturated heterocycles. The van der Waals surface area contributed by atoms with Crippen LogP contribution in [0.25, 0.3) is 0 Å². The molecule has 0 spiro atoms. The van der Waals surface area contributed by atoms with Crippen LogP contribution in [0.15, 0.2) is 40.6 Å². The highest BCUT2D eigenvalue weighted by molar-refractivity contribution is 7.96. The minimum Gasteiger partial charge on any atom is -0.399 e. The summed E-state index contributed by atoms with van der Waals surface area (Å²) in [4.78, 5) is 8.37. The summed E-state index contributed by atoms with van der Waals surface area (Å²) in [5.74, 6) is 0. The van der Waals surface area contributed by atoms with Crippen molar-refractivity contribution in [1.82, 2.24) is 9.97 Å². The predicted molar refractivity (Wildman–Crippen MR) is 64.3 cm³/mol. The number of rotatable bonds is 2. The molecule has 0 bridgehead atoms. The van der Waals surface area contributed by atoms with Gasteiger partial charge in [-0.05, 0) is 18.2 Å². The third kappa shape index (κ3) is 2.11. The second-order valence-electron chi connectivity index (χ2n) is 3.09. The predicted octanol–water partition coefficient (Wildman–Crippen LogP) is 2.31. The second-order valence-corrected chi connectivity index (χ2v) is 5.35. The van der Waals surface area contributed by atoms with Gasteiger partial charge >= 0.3 is 5.16 Å². The molecule has 3 nitrogen and oxygen atoms in total. The van der Waals surface area contributed by atoms with Gasteiger partial charge in [-0.25, -0.2) is 0 Å². The standard InChI is InChI=1S/C10H11ClN3S/c1-15(10-13-4-5-14-10)9-3-2-7(12)6-8(9)11/h2-6H,12H2,1H3,(H,13,14)/q+1. The summed E-state index contributed by atoms with van der Waals surface area (Å²) in [6.45, 7) is 0. The van der Waals surface area contributed by atoms with Gasteiger partial charge in [-0.2, -0.15) is 4.98 Å². The quantitative estimate of drug-likeness (QED) is 0.625. The molecule has 78 valence electrons. The van der Waals surface area contributed by atoms with Gasteiger partial charge in [-0.3, -0.25) is 0 Å². The molecule has 2 rings (SSSR count). The Bertz CT molecular complexity index is 456. The van der Waals surface area contributed by atoms with Gasteiger partial charge in [0.1, 0.15) is 6.26 Å². The van der Waals surface area contributed by atoms with Crippen LogP contribution < -0.4 is 5.73 Å². The number of imidazole rings is 1. The Kier molecular flexibility index (Phi) is 2.88. The lowest BCUT2D eigenvalue weighted by Gasteiger charge is -2.01. The number of H-pyrrole nitrogens is 1. The topological polar surface area (TPSA) is 54.7 Å². The smallest absolute Gasteiger partial charge is 0.328 e. The highest BCUT2D eigenvalue weighted by Gasteiger charge is 2.24. The van der Waals surface area contributed by atoms with Gasteiger partial charge in [0.2, 0.25) is 0 Å². The maximum atomic E-state index is 6.13. The van der Waals surface area contributed by atoms with Crippen LogP contribution in [0.4, 0.5) is 5.69 Å². The molecule has 0 fully saturated rings. The van der Waals surface area contributed by atoms with Crippen LogP contribution in [0.5, 0.6) is 0 Å². The molecule has 0 saturated carbocycles. The lowest BCUT2D eigenvalue weighted by molar-refractivity contribution is 1.05. The van der Waals surface area contributed by atoms with E-state index >= 15 is 0 Å². The van der Waals surface area contributed by atoms with E-state index in [0.29, 0.717) is 10.7 Å². The van der Waals surface area contributed by atoms with Crippen LogP contribution in [0, 0.1) is 0 Å². The van der Waals surface area contributed by atoms with Crippen molar-refractivity contribution in [2.45, 2.75) is 10.1 Å². The SMILES string of the molecule is C[S+](c1ncc[nH]1)c1ccc(N)cc1Cl. The van der Waals surface area contributed by atoms with E-state index in [4.69, 9.17) is 17.3 Å². The van der Waals surface area contributed by atoms with E-state index in [1.54, 1.807) is 12.3 Å². The third-order valence-electron chi connectivity index (χ3n) is 2.05. The van der Waals surface area contributed by atoms with Crippen LogP contribution in [0.1, 0.15) is 0 Å². The molecular weight excluding hydrogens is 230 g/mol. The fourth-order valence-corrected chi connectivity index (χ4v) is 3.12. The van der Waals surface area contributed by atoms with Crippen molar-refractivity contribution in [2.75, 3.05) is 12.0 Å². The molecule has 0 aliphatic rings. The van der Waals surface area contributed by atoms with Crippen LogP contribution in [-0.2, 0) is 10.9 Å². The highest BCUT2D eigenvalue weighted by Crippen LogP contribution is 2.27. The lowest BCUT2D eigenvalue weighted by Crippen LogP contribution is -2.04. The van der Waals surface area contributed by atoms with Crippen molar-refractivity contribution in [3.63, 3.8) is 0 Å². The number of nitrogens with one attached hydrogen (secondary N) is 1. The first-order valence-corrected chi connectivity index (χ1v) is 6.40. The minimum atomic E-state index is -0.140. The number of nitrogen functional groups attached to an aromatic ring is 1. The number of hydrogen-bond acceptors (Lipinski definition) is 2. The first-order valence-electron chi connectivity index (χ1n) is 4.39. The maximum absolute atomic E-state index is 6.13. The number of benzene rings is 1. The summed E-state index contributed by atoms with van der Waals surface area (Å²) >= 11 is 6.13. The van der Waals surface area contributed by atoms with Crippen molar-refractivity contribution in [2.24, 2.45) is 0 Å². The molecule has 2 aromatic rings. The zero-order chi connectivity index (χ0) is 10.8. The van der Waals surface area contributed by atoms with E-state index in [-0.39, 0.29) is 10.9 Å². The second kappa shape index (κ2) is 4.16. The van der Waals surface area contributed by atoms with Gasteiger partial charge in [-0.1, -0.05) is 11.6 Å². The average molecular weight is 241 g/mol. The van der Waals surface area contributed by atoms with E-state index in [0.717, 1.165) is 10.1 Å². The monoisotopic (exact) mass is 240 g/mol. The highest BCUT2D eigenvalue weighted by atomic mass is 35.5.